The van der Waals surface area contributed by atoms with Gasteiger partial charge in [0, 0.05) is 50.6 Å². The van der Waals surface area contributed by atoms with E-state index in [1.165, 1.54) is 4.90 Å². The van der Waals surface area contributed by atoms with E-state index in [1.807, 2.05) is 65.0 Å². The van der Waals surface area contributed by atoms with Crippen molar-refractivity contribution < 1.29 is 33.8 Å². The number of likely N-dealkylation sites (tertiary alicyclic amines) is 1. The predicted molar refractivity (Wildman–Crippen MR) is 219 cm³/mol. The number of aliphatic hydroxyl groups is 1. The number of pyridine rings is 1. The highest BCUT2D eigenvalue weighted by molar-refractivity contribution is 6.04. The lowest BCUT2D eigenvalue weighted by Crippen LogP contribution is -2.58. The van der Waals surface area contributed by atoms with Crippen molar-refractivity contribution in [1.82, 2.24) is 30.7 Å². The van der Waals surface area contributed by atoms with Crippen molar-refractivity contribution in [3.63, 3.8) is 0 Å². The number of nitrogens with zero attached hydrogens (tertiary/aromatic N) is 4. The lowest BCUT2D eigenvalue weighted by atomic mass is 9.85. The summed E-state index contributed by atoms with van der Waals surface area (Å²) in [5.41, 5.74) is 5.30. The number of anilines is 2. The van der Waals surface area contributed by atoms with Gasteiger partial charge in [-0.25, -0.2) is 4.98 Å². The minimum atomic E-state index is -0.948. The standard InChI is InChI=1S/C43H54N8O7/c1-26-10-11-27(2)28(20-26)23-44-41(55)36-22-30(52)24-51(36)42(56)39(43(3,4)5)48-38(53)25-58-31-15-18-50(19-16-31)29-12-13-34(37(21-29)57-6)47-40(54)35-9-7-8-32(46-35)33-14-17-45-49-33/h7-14,17,20-21,30-31,36,39,52H,15-16,18-19,22-25H2,1-6H3,(H,44,55)(H,45,49)(H,47,54)(H,48,53)/t30-,36+,39-/m1/s1. The molecule has 15 heteroatoms. The number of piperidine rings is 1. The second kappa shape index (κ2) is 18.2. The van der Waals surface area contributed by atoms with Crippen molar-refractivity contribution in [3.05, 3.63) is 89.2 Å². The molecule has 2 aromatic heterocycles. The molecule has 58 heavy (non-hydrogen) atoms. The summed E-state index contributed by atoms with van der Waals surface area (Å²) in [6.07, 6.45) is 2.11. The van der Waals surface area contributed by atoms with Gasteiger partial charge in [0.15, 0.2) is 0 Å². The summed E-state index contributed by atoms with van der Waals surface area (Å²) in [6.45, 7) is 10.9. The number of aromatic nitrogens is 3. The molecule has 0 saturated carbocycles. The Hall–Kier alpha value is -5.80. The van der Waals surface area contributed by atoms with Gasteiger partial charge in [-0.05, 0) is 73.6 Å². The van der Waals surface area contributed by atoms with Crippen molar-refractivity contribution >= 4 is 35.0 Å². The average Bonchev–Trinajstić information content (AvgIpc) is 3.90. The number of aryl methyl sites for hydroxylation is 2. The molecule has 4 heterocycles. The number of ether oxygens (including phenoxy) is 2. The highest BCUT2D eigenvalue weighted by atomic mass is 16.5. The molecule has 2 aliphatic rings. The minimum Gasteiger partial charge on any atom is -0.494 e. The summed E-state index contributed by atoms with van der Waals surface area (Å²) in [5, 5.41) is 26.2. The molecule has 0 unspecified atom stereocenters. The summed E-state index contributed by atoms with van der Waals surface area (Å²) < 4.78 is 11.7. The molecule has 2 aromatic carbocycles. The van der Waals surface area contributed by atoms with Crippen LogP contribution in [0.4, 0.5) is 11.4 Å². The van der Waals surface area contributed by atoms with E-state index in [1.54, 1.807) is 43.6 Å². The van der Waals surface area contributed by atoms with Crippen LogP contribution >= 0.6 is 0 Å². The molecule has 2 fully saturated rings. The maximum absolute atomic E-state index is 14.0. The number of carbonyl (C=O) groups excluding carboxylic acids is 4. The molecule has 2 saturated heterocycles. The van der Waals surface area contributed by atoms with E-state index in [-0.39, 0.29) is 43.2 Å². The van der Waals surface area contributed by atoms with Gasteiger partial charge in [0.2, 0.25) is 17.7 Å². The number of methoxy groups -OCH3 is 1. The van der Waals surface area contributed by atoms with E-state index in [9.17, 15) is 24.3 Å². The highest BCUT2D eigenvalue weighted by Gasteiger charge is 2.44. The van der Waals surface area contributed by atoms with Gasteiger partial charge in [-0.1, -0.05) is 50.6 Å². The van der Waals surface area contributed by atoms with Crippen molar-refractivity contribution in [2.45, 2.75) is 84.7 Å². The Bertz CT molecular complexity index is 2090. The largest absolute Gasteiger partial charge is 0.494 e. The topological polar surface area (TPSA) is 191 Å². The van der Waals surface area contributed by atoms with Gasteiger partial charge in [-0.2, -0.15) is 5.10 Å². The van der Waals surface area contributed by atoms with Gasteiger partial charge in [-0.3, -0.25) is 24.3 Å². The molecule has 0 spiro atoms. The number of hydrogen-bond donors (Lipinski definition) is 5. The highest BCUT2D eigenvalue weighted by Crippen LogP contribution is 2.32. The van der Waals surface area contributed by atoms with Crippen LogP contribution < -0.4 is 25.6 Å². The van der Waals surface area contributed by atoms with Crippen LogP contribution in [0.2, 0.25) is 0 Å². The number of H-pyrrole nitrogens is 1. The molecule has 0 bridgehead atoms. The van der Waals surface area contributed by atoms with Crippen LogP contribution in [0.5, 0.6) is 5.75 Å². The third-order valence-corrected chi connectivity index (χ3v) is 10.7. The predicted octanol–water partition coefficient (Wildman–Crippen LogP) is 4.14. The zero-order valence-electron chi connectivity index (χ0n) is 34.0. The van der Waals surface area contributed by atoms with Crippen LogP contribution in [0.3, 0.4) is 0 Å². The number of rotatable bonds is 13. The van der Waals surface area contributed by atoms with Gasteiger partial charge in [0.05, 0.1) is 30.7 Å². The zero-order chi connectivity index (χ0) is 41.6. The Labute approximate surface area is 338 Å². The van der Waals surface area contributed by atoms with E-state index in [2.05, 4.69) is 36.0 Å². The fourth-order valence-corrected chi connectivity index (χ4v) is 7.36. The SMILES string of the molecule is COc1cc(N2CCC(OCC(=O)N[C@H](C(=O)N3C[C@H](O)C[C@H]3C(=O)NCc3cc(C)ccc3C)C(C)(C)C)CC2)ccc1NC(=O)c1cccc(-c2cc[nH]n2)n1. The van der Waals surface area contributed by atoms with Gasteiger partial charge < -0.3 is 40.3 Å². The van der Waals surface area contributed by atoms with Crippen LogP contribution in [0.1, 0.15) is 67.2 Å². The first-order valence-electron chi connectivity index (χ1n) is 19.6. The normalized spacial score (nSPS) is 17.8. The summed E-state index contributed by atoms with van der Waals surface area (Å²) in [4.78, 5) is 61.8. The molecular formula is C43H54N8O7. The fourth-order valence-electron chi connectivity index (χ4n) is 7.36. The van der Waals surface area contributed by atoms with Crippen LogP contribution in [0.15, 0.2) is 66.9 Å². The number of amides is 4. The molecule has 2 aliphatic heterocycles. The number of β-amino-alcohol motifs (C(OH)–C–C–N with tert-alkyl or cyclic N) is 1. The summed E-state index contributed by atoms with van der Waals surface area (Å²) in [7, 11) is 1.55. The number of nitrogens with one attached hydrogen (secondary N) is 4. The second-order valence-electron chi connectivity index (χ2n) is 16.1. The van der Waals surface area contributed by atoms with E-state index >= 15 is 0 Å². The Kier molecular flexibility index (Phi) is 13.1. The number of benzene rings is 2. The number of aromatic amines is 1. The molecule has 5 N–H and O–H groups in total. The molecule has 4 aromatic rings. The first-order chi connectivity index (χ1) is 27.7. The molecule has 0 aliphatic carbocycles. The Morgan fingerprint density at radius 2 is 1.78 bits per heavy atom. The number of carbonyl (C=O) groups is 4. The first-order valence-corrected chi connectivity index (χ1v) is 19.6. The van der Waals surface area contributed by atoms with Gasteiger partial charge in [-0.15, -0.1) is 0 Å². The quantitative estimate of drug-likeness (QED) is 0.132. The zero-order valence-corrected chi connectivity index (χ0v) is 34.0. The molecule has 15 nitrogen and oxygen atoms in total. The van der Waals surface area contributed by atoms with Crippen molar-refractivity contribution in [1.29, 1.82) is 0 Å². The lowest BCUT2D eigenvalue weighted by molar-refractivity contribution is -0.145. The van der Waals surface area contributed by atoms with E-state index in [0.29, 0.717) is 55.3 Å². The van der Waals surface area contributed by atoms with E-state index < -0.39 is 35.4 Å². The second-order valence-corrected chi connectivity index (χ2v) is 16.1. The van der Waals surface area contributed by atoms with Crippen LogP contribution in [-0.4, -0.2) is 106 Å². The average molecular weight is 795 g/mol. The Morgan fingerprint density at radius 1 is 1.00 bits per heavy atom. The summed E-state index contributed by atoms with van der Waals surface area (Å²) in [6, 6.07) is 16.8. The first kappa shape index (κ1) is 41.8. The van der Waals surface area contributed by atoms with Crippen LogP contribution in [-0.2, 0) is 25.7 Å². The molecule has 4 amide bonds. The molecule has 308 valence electrons. The van der Waals surface area contributed by atoms with Crippen LogP contribution in [0.25, 0.3) is 11.4 Å². The maximum Gasteiger partial charge on any atom is 0.274 e. The Balaban J connectivity index is 0.995. The van der Waals surface area contributed by atoms with E-state index in [0.717, 1.165) is 22.4 Å². The number of hydrogen-bond acceptors (Lipinski definition) is 10. The smallest absolute Gasteiger partial charge is 0.274 e. The van der Waals surface area contributed by atoms with E-state index in [4.69, 9.17) is 9.47 Å². The van der Waals surface area contributed by atoms with Crippen molar-refractivity contribution in [2.24, 2.45) is 5.41 Å². The third-order valence-electron chi connectivity index (χ3n) is 10.7. The van der Waals surface area contributed by atoms with Gasteiger partial charge in [0.1, 0.15) is 35.8 Å². The van der Waals surface area contributed by atoms with Crippen molar-refractivity contribution in [2.75, 3.05) is 43.6 Å². The fraction of sp³-hybridized carbons (Fsp3) is 0.442. The molecule has 6 rings (SSSR count). The third kappa shape index (κ3) is 10.2. The number of aliphatic hydroxyl groups excluding tert-OH is 1. The molecular weight excluding hydrogens is 741 g/mol. The van der Waals surface area contributed by atoms with Crippen LogP contribution in [0, 0.1) is 19.3 Å². The van der Waals surface area contributed by atoms with Gasteiger partial charge in [0.25, 0.3) is 5.91 Å². The lowest BCUT2D eigenvalue weighted by Gasteiger charge is -2.36. The summed E-state index contributed by atoms with van der Waals surface area (Å²) >= 11 is 0. The van der Waals surface area contributed by atoms with Gasteiger partial charge >= 0.3 is 0 Å². The molecule has 0 radical (unpaired) electrons. The van der Waals surface area contributed by atoms with Crippen molar-refractivity contribution in [3.8, 4) is 17.1 Å². The maximum atomic E-state index is 14.0. The minimum absolute atomic E-state index is 0.000299. The monoisotopic (exact) mass is 794 g/mol. The summed E-state index contributed by atoms with van der Waals surface area (Å²) in [5.74, 6) is -1.08. The Morgan fingerprint density at radius 3 is 2.48 bits per heavy atom. The molecule has 3 atom stereocenters.